The van der Waals surface area contributed by atoms with Crippen LogP contribution in [0.4, 0.5) is 11.9 Å². The second-order valence-corrected chi connectivity index (χ2v) is 4.62. The lowest BCUT2D eigenvalue weighted by atomic mass is 10.0. The fourth-order valence-electron chi connectivity index (χ4n) is 2.04. The normalized spacial score (nSPS) is 16.7. The summed E-state index contributed by atoms with van der Waals surface area (Å²) in [5.74, 6) is 2.28. The molecule has 0 amide bonds. The van der Waals surface area contributed by atoms with Crippen LogP contribution in [-0.2, 0) is 11.2 Å². The molecule has 2 rings (SSSR count). The van der Waals surface area contributed by atoms with Crippen LogP contribution in [0.15, 0.2) is 0 Å². The number of ether oxygens (including phenoxy) is 1. The second kappa shape index (κ2) is 6.49. The Hall–Kier alpha value is -1.43. The first-order valence-corrected chi connectivity index (χ1v) is 6.60. The molecule has 1 aliphatic rings. The first-order valence-electron chi connectivity index (χ1n) is 6.60. The van der Waals surface area contributed by atoms with Crippen LogP contribution < -0.4 is 11.1 Å². The smallest absolute Gasteiger partial charge is 0.227 e. The highest BCUT2D eigenvalue weighted by Gasteiger charge is 2.14. The van der Waals surface area contributed by atoms with Crippen molar-refractivity contribution in [3.63, 3.8) is 0 Å². The summed E-state index contributed by atoms with van der Waals surface area (Å²) in [5.41, 5.74) is 5.68. The van der Waals surface area contributed by atoms with Crippen molar-refractivity contribution >= 4 is 11.9 Å². The molecule has 0 aromatic carbocycles. The van der Waals surface area contributed by atoms with E-state index in [1.54, 1.807) is 0 Å². The molecular formula is C12H21N5O. The van der Waals surface area contributed by atoms with Crippen LogP contribution >= 0.6 is 0 Å². The number of aromatic nitrogens is 3. The molecule has 6 nitrogen and oxygen atoms in total. The minimum atomic E-state index is 0.294. The lowest BCUT2D eigenvalue weighted by Crippen LogP contribution is -2.23. The van der Waals surface area contributed by atoms with Crippen molar-refractivity contribution in [3.8, 4) is 0 Å². The topological polar surface area (TPSA) is 86.0 Å². The predicted octanol–water partition coefficient (Wildman–Crippen LogP) is 1.24. The fraction of sp³-hybridized carbons (Fsp3) is 0.750. The molecule has 1 aromatic rings. The van der Waals surface area contributed by atoms with Crippen LogP contribution in [0, 0.1) is 5.92 Å². The third-order valence-corrected chi connectivity index (χ3v) is 3.06. The van der Waals surface area contributed by atoms with Gasteiger partial charge >= 0.3 is 0 Å². The van der Waals surface area contributed by atoms with Gasteiger partial charge in [0.2, 0.25) is 11.9 Å². The van der Waals surface area contributed by atoms with E-state index in [1.165, 1.54) is 0 Å². The number of hydrogen-bond donors (Lipinski definition) is 2. The quantitative estimate of drug-likeness (QED) is 0.819. The summed E-state index contributed by atoms with van der Waals surface area (Å²) in [7, 11) is 0. The van der Waals surface area contributed by atoms with Gasteiger partial charge in [0.1, 0.15) is 5.82 Å². The van der Waals surface area contributed by atoms with Gasteiger partial charge in [0.25, 0.3) is 0 Å². The van der Waals surface area contributed by atoms with E-state index in [0.717, 1.165) is 51.3 Å². The van der Waals surface area contributed by atoms with E-state index in [9.17, 15) is 0 Å². The molecular weight excluding hydrogens is 230 g/mol. The van der Waals surface area contributed by atoms with Gasteiger partial charge in [0.05, 0.1) is 0 Å². The van der Waals surface area contributed by atoms with Gasteiger partial charge in [-0.1, -0.05) is 6.92 Å². The zero-order valence-electron chi connectivity index (χ0n) is 10.9. The second-order valence-electron chi connectivity index (χ2n) is 4.62. The van der Waals surface area contributed by atoms with Crippen molar-refractivity contribution in [3.05, 3.63) is 5.82 Å². The molecule has 0 radical (unpaired) electrons. The van der Waals surface area contributed by atoms with Gasteiger partial charge in [-0.25, -0.2) is 0 Å². The molecule has 0 saturated carbocycles. The van der Waals surface area contributed by atoms with Crippen molar-refractivity contribution in [2.24, 2.45) is 5.92 Å². The van der Waals surface area contributed by atoms with Crippen LogP contribution in [0.2, 0.25) is 0 Å². The Bertz CT molecular complexity index is 379. The summed E-state index contributed by atoms with van der Waals surface area (Å²) in [5, 5.41) is 3.26. The maximum Gasteiger partial charge on any atom is 0.227 e. The van der Waals surface area contributed by atoms with E-state index in [1.807, 2.05) is 0 Å². The number of nitrogens with zero attached hydrogens (tertiary/aromatic N) is 3. The van der Waals surface area contributed by atoms with Crippen LogP contribution in [0.3, 0.4) is 0 Å². The van der Waals surface area contributed by atoms with Crippen LogP contribution in [0.25, 0.3) is 0 Å². The van der Waals surface area contributed by atoms with Gasteiger partial charge in [0, 0.05) is 26.2 Å². The van der Waals surface area contributed by atoms with E-state index in [-0.39, 0.29) is 0 Å². The minimum Gasteiger partial charge on any atom is -0.381 e. The molecule has 0 spiro atoms. The number of rotatable bonds is 5. The maximum absolute atomic E-state index is 5.68. The van der Waals surface area contributed by atoms with Crippen molar-refractivity contribution in [2.75, 3.05) is 30.8 Å². The first kappa shape index (κ1) is 13.0. The summed E-state index contributed by atoms with van der Waals surface area (Å²) < 4.78 is 5.33. The van der Waals surface area contributed by atoms with Crippen molar-refractivity contribution in [2.45, 2.75) is 32.6 Å². The third-order valence-electron chi connectivity index (χ3n) is 3.06. The molecule has 0 atom stereocenters. The monoisotopic (exact) mass is 251 g/mol. The molecule has 0 aliphatic carbocycles. The number of hydrogen-bond acceptors (Lipinski definition) is 6. The van der Waals surface area contributed by atoms with Crippen molar-refractivity contribution < 1.29 is 4.74 Å². The van der Waals surface area contributed by atoms with Crippen molar-refractivity contribution in [1.29, 1.82) is 0 Å². The molecule has 1 fully saturated rings. The van der Waals surface area contributed by atoms with Gasteiger partial charge in [-0.3, -0.25) is 0 Å². The highest BCUT2D eigenvalue weighted by molar-refractivity contribution is 5.31. The minimum absolute atomic E-state index is 0.294. The highest BCUT2D eigenvalue weighted by Crippen LogP contribution is 2.15. The average Bonchev–Trinajstić information content (AvgIpc) is 2.37. The van der Waals surface area contributed by atoms with Crippen LogP contribution in [0.1, 0.15) is 32.0 Å². The number of anilines is 2. The lowest BCUT2D eigenvalue weighted by molar-refractivity contribution is 0.0699. The number of nitrogens with two attached hydrogens (primary N) is 1. The Labute approximate surface area is 107 Å². The Morgan fingerprint density at radius 2 is 2.06 bits per heavy atom. The van der Waals surface area contributed by atoms with Gasteiger partial charge < -0.3 is 15.8 Å². The van der Waals surface area contributed by atoms with E-state index in [2.05, 4.69) is 27.2 Å². The lowest BCUT2D eigenvalue weighted by Gasteiger charge is -2.22. The number of aryl methyl sites for hydroxylation is 1. The Balaban J connectivity index is 1.91. The van der Waals surface area contributed by atoms with Crippen LogP contribution in [-0.4, -0.2) is 34.7 Å². The van der Waals surface area contributed by atoms with Gasteiger partial charge in [-0.15, -0.1) is 0 Å². The van der Waals surface area contributed by atoms with Gasteiger partial charge in [0.15, 0.2) is 0 Å². The molecule has 1 aliphatic heterocycles. The summed E-state index contributed by atoms with van der Waals surface area (Å²) in [6, 6.07) is 0. The average molecular weight is 251 g/mol. The Kier molecular flexibility index (Phi) is 4.69. The number of nitrogen functional groups attached to an aromatic ring is 1. The molecule has 100 valence electrons. The number of nitrogens with one attached hydrogen (secondary N) is 1. The van der Waals surface area contributed by atoms with Gasteiger partial charge in [-0.2, -0.15) is 15.0 Å². The van der Waals surface area contributed by atoms with Crippen molar-refractivity contribution in [1.82, 2.24) is 15.0 Å². The van der Waals surface area contributed by atoms with Crippen LogP contribution in [0.5, 0.6) is 0 Å². The van der Waals surface area contributed by atoms with E-state index < -0.39 is 0 Å². The standard InChI is InChI=1S/C12H21N5O/c1-2-3-10-15-11(13)17-12(16-10)14-8-9-4-6-18-7-5-9/h9H,2-8H2,1H3,(H3,13,14,15,16,17). The maximum atomic E-state index is 5.68. The Morgan fingerprint density at radius 3 is 2.78 bits per heavy atom. The molecule has 3 N–H and O–H groups in total. The summed E-state index contributed by atoms with van der Waals surface area (Å²) in [4.78, 5) is 12.6. The molecule has 6 heteroatoms. The van der Waals surface area contributed by atoms with Gasteiger partial charge in [-0.05, 0) is 25.2 Å². The largest absolute Gasteiger partial charge is 0.381 e. The fourth-order valence-corrected chi connectivity index (χ4v) is 2.04. The summed E-state index contributed by atoms with van der Waals surface area (Å²) in [6.45, 7) is 4.67. The SMILES string of the molecule is CCCc1nc(N)nc(NCC2CCOCC2)n1. The zero-order chi connectivity index (χ0) is 12.8. The molecule has 2 heterocycles. The molecule has 1 saturated heterocycles. The van der Waals surface area contributed by atoms with E-state index in [0.29, 0.717) is 17.8 Å². The molecule has 0 bridgehead atoms. The summed E-state index contributed by atoms with van der Waals surface area (Å²) in [6.07, 6.45) is 4.02. The molecule has 1 aromatic heterocycles. The molecule has 0 unspecified atom stereocenters. The summed E-state index contributed by atoms with van der Waals surface area (Å²) >= 11 is 0. The Morgan fingerprint density at radius 1 is 1.28 bits per heavy atom. The zero-order valence-corrected chi connectivity index (χ0v) is 10.9. The van der Waals surface area contributed by atoms with E-state index in [4.69, 9.17) is 10.5 Å². The highest BCUT2D eigenvalue weighted by atomic mass is 16.5. The third kappa shape index (κ3) is 3.80. The molecule has 18 heavy (non-hydrogen) atoms. The first-order chi connectivity index (χ1) is 8.78. The predicted molar refractivity (Wildman–Crippen MR) is 70.3 cm³/mol. The van der Waals surface area contributed by atoms with E-state index >= 15 is 0 Å².